The molecular weight excluding hydrogens is 1150 g/mol. The highest BCUT2D eigenvalue weighted by molar-refractivity contribution is 7.80. The zero-order chi connectivity index (χ0) is 62.3. The molecule has 27 nitrogen and oxygen atoms in total. The van der Waals surface area contributed by atoms with Crippen LogP contribution in [0.15, 0.2) is 23.3 Å². The number of hydrogen-bond acceptors (Lipinski definition) is 26. The summed E-state index contributed by atoms with van der Waals surface area (Å²) in [5.74, 6) is -0.101. The number of allylic oxidation sites excluding steroid dienone is 4. The second-order valence-corrected chi connectivity index (χ2v) is 27.4. The Balaban J connectivity index is 0.999. The topological polar surface area (TPSA) is 416 Å². The van der Waals surface area contributed by atoms with Crippen LogP contribution < -0.4 is 0 Å². The summed E-state index contributed by atoms with van der Waals surface area (Å²) >= 11 is 0. The molecule has 0 bridgehead atoms. The van der Waals surface area contributed by atoms with Crippen molar-refractivity contribution in [1.29, 1.82) is 0 Å². The van der Waals surface area contributed by atoms with E-state index in [0.29, 0.717) is 19.3 Å². The molecule has 0 spiro atoms. The Morgan fingerprint density at radius 1 is 0.612 bits per heavy atom. The van der Waals surface area contributed by atoms with E-state index in [4.69, 9.17) is 51.6 Å². The molecule has 5 heterocycles. The molecule has 8 fully saturated rings. The molecule has 34 atom stereocenters. The average Bonchev–Trinajstić information content (AvgIpc) is 1.75. The fraction of sp³-hybridized carbons (Fsp3) is 0.912. The molecule has 85 heavy (non-hydrogen) atoms. The van der Waals surface area contributed by atoms with Gasteiger partial charge in [0.1, 0.15) is 97.7 Å². The van der Waals surface area contributed by atoms with Gasteiger partial charge in [-0.05, 0) is 133 Å². The van der Waals surface area contributed by atoms with E-state index < -0.39 is 194 Å². The number of hydrogen-bond donors (Lipinski definition) is 13. The minimum atomic E-state index is -4.88. The Bertz CT molecular complexity index is 2470. The number of rotatable bonds is 17. The van der Waals surface area contributed by atoms with Crippen molar-refractivity contribution in [2.75, 3.05) is 6.61 Å². The van der Waals surface area contributed by atoms with E-state index in [2.05, 4.69) is 26.8 Å². The average molecular weight is 1240 g/mol. The number of ketones is 1. The molecule has 29 unspecified atom stereocenters. The number of carbonyl (C=O) groups is 1. The Labute approximate surface area is 495 Å². The van der Waals surface area contributed by atoms with Gasteiger partial charge >= 0.3 is 10.4 Å². The van der Waals surface area contributed by atoms with Gasteiger partial charge in [0.15, 0.2) is 37.2 Å². The first kappa shape index (κ1) is 67.5. The Kier molecular flexibility index (Phi) is 21.0. The van der Waals surface area contributed by atoms with Crippen LogP contribution in [0.1, 0.15) is 114 Å². The lowest BCUT2D eigenvalue weighted by atomic mass is 9.47. The Morgan fingerprint density at radius 3 is 1.69 bits per heavy atom. The molecule has 28 heteroatoms. The summed E-state index contributed by atoms with van der Waals surface area (Å²) in [4.78, 5) is 13.1. The SMILES string of the molecule is CC(C)=CC(=O)CC(C)C1CCC2C3C[C@H](OC4OC(CO)C(O)C(OC5OC(C)C(OC6OC(C)C(O)C(O)C6OC6OC(C)C(O)C(O)C6O)C(O)C5OC5OC(C)C(O)C(O)C5O)C4O)[C@H]4C[C@@H](OS(=O)(=O)O)CC[C@]4(C)C3=CC[C@]12C. The molecule has 13 N–H and O–H groups in total. The summed E-state index contributed by atoms with van der Waals surface area (Å²) in [7, 11) is -4.88. The maximum absolute atomic E-state index is 13.1. The van der Waals surface area contributed by atoms with Crippen molar-refractivity contribution in [3.8, 4) is 0 Å². The molecule has 0 radical (unpaired) electrons. The van der Waals surface area contributed by atoms with Gasteiger partial charge in [0.25, 0.3) is 0 Å². The number of aliphatic hydroxyl groups is 12. The molecule has 0 amide bonds. The van der Waals surface area contributed by atoms with Crippen molar-refractivity contribution in [2.24, 2.45) is 40.4 Å². The monoisotopic (exact) mass is 1240 g/mol. The van der Waals surface area contributed by atoms with Crippen molar-refractivity contribution in [3.63, 3.8) is 0 Å². The molecule has 9 rings (SSSR count). The van der Waals surface area contributed by atoms with Crippen LogP contribution in [0.25, 0.3) is 0 Å². The summed E-state index contributed by atoms with van der Waals surface area (Å²) in [6.07, 6.45) is -35.8. The molecule has 9 aliphatic rings. The van der Waals surface area contributed by atoms with Gasteiger partial charge in [0.05, 0.1) is 43.2 Å². The molecule has 3 saturated carbocycles. The quantitative estimate of drug-likeness (QED) is 0.0449. The summed E-state index contributed by atoms with van der Waals surface area (Å²) < 4.78 is 101. The van der Waals surface area contributed by atoms with Gasteiger partial charge in [0, 0.05) is 6.42 Å². The minimum absolute atomic E-state index is 0.0727. The third-order valence-electron chi connectivity index (χ3n) is 20.4. The first-order valence-electron chi connectivity index (χ1n) is 30.0. The van der Waals surface area contributed by atoms with E-state index in [1.807, 2.05) is 13.8 Å². The maximum Gasteiger partial charge on any atom is 0.397 e. The number of fused-ring (bicyclic) bond motifs is 5. The standard InChI is InChI=1S/C57H92O27S/c1-21(2)16-27(59)17-22(3)30-10-11-31-29-19-34(33-18-28(84-85(71,72)73)12-14-57(33,9)32(29)13-15-56(30,31)8)78-53-46(70)48(39(63)35(20-58)79-53)81-55-50(83-52-44(68)41(65)37(61)24(5)75-52)45(69)47(26(7)77-55)80-54-49(42(66)38(62)25(6)76-54)82-51-43(67)40(64)36(60)23(4)74-51/h13,16,22-26,28-31,33-55,58,60-70H,10-12,14-15,17-20H2,1-9H3,(H,71,72,73)/t22?,23?,24?,25?,26?,28-,29?,30?,31?,33+,34-,35?,36?,37?,38?,39?,40?,41?,42?,43?,44?,45?,46?,47?,48?,49?,50?,51?,52?,53?,54?,55?,56+,57+/m0/s1. The highest BCUT2D eigenvalue weighted by Crippen LogP contribution is 2.67. The molecule has 5 aliphatic heterocycles. The Morgan fingerprint density at radius 2 is 1.13 bits per heavy atom. The largest absolute Gasteiger partial charge is 0.397 e. The van der Waals surface area contributed by atoms with Gasteiger partial charge < -0.3 is 109 Å². The predicted octanol–water partition coefficient (Wildman–Crippen LogP) is -1.48. The van der Waals surface area contributed by atoms with Crippen LogP contribution in [0, 0.1) is 40.4 Å². The first-order chi connectivity index (χ1) is 39.8. The van der Waals surface area contributed by atoms with Crippen LogP contribution in [-0.4, -0.2) is 252 Å². The van der Waals surface area contributed by atoms with Crippen molar-refractivity contribution >= 4 is 16.2 Å². The van der Waals surface area contributed by atoms with E-state index in [-0.39, 0.29) is 47.7 Å². The Hall–Kier alpha value is -1.86. The van der Waals surface area contributed by atoms with Crippen LogP contribution in [-0.2, 0) is 66.7 Å². The molecule has 5 saturated heterocycles. The molecule has 0 aromatic heterocycles. The second kappa shape index (κ2) is 26.4. The summed E-state index contributed by atoms with van der Waals surface area (Å²) in [5, 5.41) is 134. The zero-order valence-electron chi connectivity index (χ0n) is 49.4. The molecule has 0 aromatic rings. The maximum atomic E-state index is 13.1. The third kappa shape index (κ3) is 13.4. The van der Waals surface area contributed by atoms with Gasteiger partial charge in [-0.1, -0.05) is 38.0 Å². The molecule has 4 aliphatic carbocycles. The normalized spacial score (nSPS) is 51.6. The summed E-state index contributed by atoms with van der Waals surface area (Å²) in [6, 6.07) is 0. The van der Waals surface area contributed by atoms with Crippen molar-refractivity contribution < 1.29 is 131 Å². The number of carbonyl (C=O) groups excluding carboxylic acids is 1. The summed E-state index contributed by atoms with van der Waals surface area (Å²) in [6.45, 7) is 15.0. The molecule has 488 valence electrons. The fourth-order valence-electron chi connectivity index (χ4n) is 15.8. The number of aliphatic hydroxyl groups excluding tert-OH is 12. The van der Waals surface area contributed by atoms with E-state index >= 15 is 0 Å². The first-order valence-corrected chi connectivity index (χ1v) is 31.3. The smallest absolute Gasteiger partial charge is 0.394 e. The van der Waals surface area contributed by atoms with Crippen LogP contribution in [0.2, 0.25) is 0 Å². The van der Waals surface area contributed by atoms with E-state index in [1.165, 1.54) is 33.3 Å². The van der Waals surface area contributed by atoms with Crippen LogP contribution in [0.4, 0.5) is 0 Å². The van der Waals surface area contributed by atoms with Crippen molar-refractivity contribution in [3.05, 3.63) is 23.3 Å². The second-order valence-electron chi connectivity index (χ2n) is 26.4. The zero-order valence-corrected chi connectivity index (χ0v) is 50.2. The lowest BCUT2D eigenvalue weighted by Gasteiger charge is -2.59. The minimum Gasteiger partial charge on any atom is -0.394 e. The van der Waals surface area contributed by atoms with Crippen LogP contribution >= 0.6 is 0 Å². The van der Waals surface area contributed by atoms with Crippen LogP contribution in [0.5, 0.6) is 0 Å². The van der Waals surface area contributed by atoms with Gasteiger partial charge in [-0.2, -0.15) is 8.42 Å². The van der Waals surface area contributed by atoms with Gasteiger partial charge in [-0.3, -0.25) is 9.35 Å². The fourth-order valence-corrected chi connectivity index (χ4v) is 16.3. The van der Waals surface area contributed by atoms with Gasteiger partial charge in [0.2, 0.25) is 0 Å². The number of ether oxygens (including phenoxy) is 10. The van der Waals surface area contributed by atoms with E-state index in [0.717, 1.165) is 24.8 Å². The predicted molar refractivity (Wildman–Crippen MR) is 289 cm³/mol. The van der Waals surface area contributed by atoms with E-state index in [1.54, 1.807) is 6.08 Å². The third-order valence-corrected chi connectivity index (χ3v) is 20.9. The van der Waals surface area contributed by atoms with Crippen molar-refractivity contribution in [1.82, 2.24) is 0 Å². The van der Waals surface area contributed by atoms with Crippen LogP contribution in [0.3, 0.4) is 0 Å². The molecular formula is C57H92O27S. The van der Waals surface area contributed by atoms with Gasteiger partial charge in [-0.25, -0.2) is 4.18 Å². The highest BCUT2D eigenvalue weighted by Gasteiger charge is 2.63. The highest BCUT2D eigenvalue weighted by atomic mass is 32.3. The van der Waals surface area contributed by atoms with E-state index in [9.17, 15) is 79.0 Å². The molecule has 0 aromatic carbocycles. The lowest BCUT2D eigenvalue weighted by Crippen LogP contribution is -2.68. The van der Waals surface area contributed by atoms with Gasteiger partial charge in [-0.15, -0.1) is 0 Å². The summed E-state index contributed by atoms with van der Waals surface area (Å²) in [5.41, 5.74) is 1.28. The van der Waals surface area contributed by atoms with Crippen molar-refractivity contribution in [2.45, 2.75) is 279 Å². The lowest BCUT2D eigenvalue weighted by molar-refractivity contribution is -0.406.